The highest BCUT2D eigenvalue weighted by Crippen LogP contribution is 2.45. The molecule has 2 N–H and O–H groups in total. The fourth-order valence-electron chi connectivity index (χ4n) is 7.84. The Morgan fingerprint density at radius 3 is 2.29 bits per heavy atom. The maximum Gasteiger partial charge on any atom is 0.408 e. The number of terminal acetylenes is 1. The number of nitrogens with zero attached hydrogens (tertiary/aromatic N) is 5. The predicted molar refractivity (Wildman–Crippen MR) is 209 cm³/mol. The molecular formula is C41H61N7O8. The first kappa shape index (κ1) is 43.1. The van der Waals surface area contributed by atoms with Crippen molar-refractivity contribution in [1.82, 2.24) is 35.2 Å². The van der Waals surface area contributed by atoms with Crippen molar-refractivity contribution in [2.75, 3.05) is 79.0 Å². The minimum atomic E-state index is -0.575. The molecule has 3 fully saturated rings. The molecule has 0 spiro atoms. The molecule has 4 atom stereocenters. The number of likely N-dealkylation sites (tertiary alicyclic amines) is 1. The lowest BCUT2D eigenvalue weighted by atomic mass is 9.95. The van der Waals surface area contributed by atoms with Gasteiger partial charge in [0.25, 0.3) is 0 Å². The molecule has 5 rings (SSSR count). The van der Waals surface area contributed by atoms with Crippen molar-refractivity contribution in [1.29, 1.82) is 0 Å². The van der Waals surface area contributed by atoms with Gasteiger partial charge in [-0.15, -0.1) is 16.6 Å². The molecule has 1 aromatic carbocycles. The molecule has 308 valence electrons. The van der Waals surface area contributed by atoms with Crippen molar-refractivity contribution >= 4 is 17.9 Å². The van der Waals surface area contributed by atoms with Crippen LogP contribution in [0.4, 0.5) is 4.79 Å². The van der Waals surface area contributed by atoms with Crippen molar-refractivity contribution in [3.8, 4) is 12.3 Å². The van der Waals surface area contributed by atoms with Crippen LogP contribution in [0, 0.1) is 25.2 Å². The van der Waals surface area contributed by atoms with Gasteiger partial charge in [-0.3, -0.25) is 14.5 Å². The van der Waals surface area contributed by atoms with Crippen LogP contribution in [-0.4, -0.2) is 139 Å². The Morgan fingerprint density at radius 2 is 1.61 bits per heavy atom. The smallest absolute Gasteiger partial charge is 0.408 e. The van der Waals surface area contributed by atoms with Crippen LogP contribution < -0.4 is 10.6 Å². The topological polar surface area (TPSA) is 159 Å². The summed E-state index contributed by atoms with van der Waals surface area (Å²) in [6.45, 7) is 12.9. The number of carbonyl (C=O) groups is 3. The highest BCUT2D eigenvalue weighted by Gasteiger charge is 2.48. The maximum atomic E-state index is 12.9. The van der Waals surface area contributed by atoms with Crippen molar-refractivity contribution in [3.05, 3.63) is 47.5 Å². The summed E-state index contributed by atoms with van der Waals surface area (Å²) in [5, 5.41) is 15.2. The van der Waals surface area contributed by atoms with Crippen LogP contribution in [0.2, 0.25) is 0 Å². The summed E-state index contributed by atoms with van der Waals surface area (Å²) in [7, 11) is 0. The number of ether oxygens (including phenoxy) is 5. The van der Waals surface area contributed by atoms with E-state index in [0.717, 1.165) is 49.4 Å². The zero-order chi connectivity index (χ0) is 39.9. The number of aryl methyl sites for hydroxylation is 1. The van der Waals surface area contributed by atoms with E-state index in [-0.39, 0.29) is 42.8 Å². The number of aromatic nitrogens is 3. The third kappa shape index (κ3) is 12.7. The zero-order valence-corrected chi connectivity index (χ0v) is 33.6. The van der Waals surface area contributed by atoms with Gasteiger partial charge in [0.05, 0.1) is 70.7 Å². The normalized spacial score (nSPS) is 20.1. The van der Waals surface area contributed by atoms with Gasteiger partial charge in [0.15, 0.2) is 0 Å². The number of amides is 3. The zero-order valence-electron chi connectivity index (χ0n) is 33.6. The van der Waals surface area contributed by atoms with E-state index >= 15 is 0 Å². The van der Waals surface area contributed by atoms with Gasteiger partial charge >= 0.3 is 6.09 Å². The van der Waals surface area contributed by atoms with Crippen LogP contribution in [0.1, 0.15) is 82.2 Å². The third-order valence-corrected chi connectivity index (χ3v) is 10.5. The molecule has 3 unspecified atom stereocenters. The van der Waals surface area contributed by atoms with Crippen LogP contribution in [0.5, 0.6) is 0 Å². The van der Waals surface area contributed by atoms with E-state index < -0.39 is 11.7 Å². The summed E-state index contributed by atoms with van der Waals surface area (Å²) in [5.74, 6) is 3.87. The van der Waals surface area contributed by atoms with E-state index in [1.165, 1.54) is 0 Å². The number of fused-ring (bicyclic) bond motifs is 2. The standard InChI is InChI=1S/C41H61N7O8/c1-6-19-52-21-23-54-25-26-55-24-22-53-20-16-38(49)46-28-32(29-46)39(50)42-17-14-37-45-44-30(2)48(37)36-27-33-12-13-35(36)47(33)18-15-34(31-10-8-7-9-11-31)43-40(51)56-41(3,4)5/h1,7-11,32-36H,12-29H2,2-5H3,(H,42,50)(H,43,51)/t33?,34-,35?,36?/m0/s1. The number of hydrogen-bond acceptors (Lipinski definition) is 11. The Bertz CT molecular complexity index is 1590. The lowest BCUT2D eigenvalue weighted by Crippen LogP contribution is -2.56. The fourth-order valence-corrected chi connectivity index (χ4v) is 7.84. The first-order valence-electron chi connectivity index (χ1n) is 20.0. The number of alkyl carbamates (subject to hydrolysis) is 1. The SMILES string of the molecule is C#CCOCCOCCOCCOCCC(=O)N1CC(C(=O)NCCc2nnc(C)n2C2CC3CCC2N3CC[C@H](NC(=O)OC(C)(C)C)c2ccccc2)C1. The maximum absolute atomic E-state index is 12.9. The summed E-state index contributed by atoms with van der Waals surface area (Å²) in [6, 6.07) is 11.0. The molecule has 1 aromatic heterocycles. The lowest BCUT2D eigenvalue weighted by molar-refractivity contribution is -0.143. The molecule has 0 saturated carbocycles. The number of hydrogen-bond donors (Lipinski definition) is 2. The Balaban J connectivity index is 0.987. The fraction of sp³-hybridized carbons (Fsp3) is 0.683. The van der Waals surface area contributed by atoms with Crippen LogP contribution >= 0.6 is 0 Å². The molecule has 2 aromatic rings. The molecule has 0 aliphatic carbocycles. The van der Waals surface area contributed by atoms with Gasteiger partial charge in [-0.25, -0.2) is 4.79 Å². The second kappa shape index (κ2) is 21.5. The first-order valence-corrected chi connectivity index (χ1v) is 20.0. The van der Waals surface area contributed by atoms with E-state index in [0.29, 0.717) is 84.4 Å². The molecule has 15 heteroatoms. The van der Waals surface area contributed by atoms with Gasteiger partial charge in [-0.1, -0.05) is 36.3 Å². The summed E-state index contributed by atoms with van der Waals surface area (Å²) < 4.78 is 29.4. The highest BCUT2D eigenvalue weighted by atomic mass is 16.6. The average molecular weight is 780 g/mol. The molecule has 2 bridgehead atoms. The second-order valence-corrected chi connectivity index (χ2v) is 15.7. The van der Waals surface area contributed by atoms with Crippen LogP contribution in [0.15, 0.2) is 30.3 Å². The Morgan fingerprint density at radius 1 is 0.929 bits per heavy atom. The largest absolute Gasteiger partial charge is 0.444 e. The van der Waals surface area contributed by atoms with E-state index in [9.17, 15) is 14.4 Å². The van der Waals surface area contributed by atoms with E-state index in [2.05, 4.69) is 48.4 Å². The number of carbonyl (C=O) groups excluding carboxylic acids is 3. The van der Waals surface area contributed by atoms with Crippen molar-refractivity contribution in [2.24, 2.45) is 5.92 Å². The Labute approximate surface area is 331 Å². The van der Waals surface area contributed by atoms with Gasteiger partial charge in [0.1, 0.15) is 23.9 Å². The minimum absolute atomic E-state index is 0.0196. The quantitative estimate of drug-likeness (QED) is 0.126. The Hall–Kier alpha value is -4.07. The molecule has 15 nitrogen and oxygen atoms in total. The first-order chi connectivity index (χ1) is 27.0. The van der Waals surface area contributed by atoms with Gasteiger partial charge in [0.2, 0.25) is 11.8 Å². The van der Waals surface area contributed by atoms with Crippen molar-refractivity contribution in [2.45, 2.75) is 96.0 Å². The predicted octanol–water partition coefficient (Wildman–Crippen LogP) is 3.23. The minimum Gasteiger partial charge on any atom is -0.444 e. The molecule has 3 aliphatic rings. The van der Waals surface area contributed by atoms with Crippen LogP contribution in [0.25, 0.3) is 0 Å². The monoisotopic (exact) mass is 779 g/mol. The Kier molecular flexibility index (Phi) is 16.5. The van der Waals surface area contributed by atoms with Crippen LogP contribution in [0.3, 0.4) is 0 Å². The molecule has 3 amide bonds. The summed E-state index contributed by atoms with van der Waals surface area (Å²) in [6.07, 6.45) is 9.56. The van der Waals surface area contributed by atoms with E-state index in [4.69, 9.17) is 30.1 Å². The summed E-state index contributed by atoms with van der Waals surface area (Å²) in [4.78, 5) is 42.6. The number of nitrogens with one attached hydrogen (secondary N) is 2. The van der Waals surface area contributed by atoms with E-state index in [1.54, 1.807) is 4.90 Å². The van der Waals surface area contributed by atoms with Crippen LogP contribution in [-0.2, 0) is 39.7 Å². The average Bonchev–Trinajstić information content (AvgIpc) is 3.82. The third-order valence-electron chi connectivity index (χ3n) is 10.5. The van der Waals surface area contributed by atoms with Gasteiger partial charge in [-0.05, 0) is 58.9 Å². The van der Waals surface area contributed by atoms with Crippen molar-refractivity contribution < 1.29 is 38.1 Å². The van der Waals surface area contributed by atoms with Crippen molar-refractivity contribution in [3.63, 3.8) is 0 Å². The summed E-state index contributed by atoms with van der Waals surface area (Å²) >= 11 is 0. The lowest BCUT2D eigenvalue weighted by Gasteiger charge is -2.38. The van der Waals surface area contributed by atoms with Gasteiger partial charge in [-0.2, -0.15) is 0 Å². The van der Waals surface area contributed by atoms with Gasteiger partial charge in [0, 0.05) is 44.7 Å². The molecule has 3 saturated heterocycles. The molecule has 0 radical (unpaired) electrons. The van der Waals surface area contributed by atoms with Gasteiger partial charge < -0.3 is 43.8 Å². The highest BCUT2D eigenvalue weighted by molar-refractivity contribution is 5.84. The molecule has 56 heavy (non-hydrogen) atoms. The number of benzene rings is 1. The second-order valence-electron chi connectivity index (χ2n) is 15.7. The molecule has 3 aliphatic heterocycles. The number of rotatable bonds is 23. The van der Waals surface area contributed by atoms with E-state index in [1.807, 2.05) is 45.9 Å². The molecular weight excluding hydrogens is 718 g/mol. The summed E-state index contributed by atoms with van der Waals surface area (Å²) in [5.41, 5.74) is 0.483. The molecule has 4 heterocycles.